The third kappa shape index (κ3) is 3.81. The predicted molar refractivity (Wildman–Crippen MR) is 82.0 cm³/mol. The highest BCUT2D eigenvalue weighted by Crippen LogP contribution is 2.39. The minimum absolute atomic E-state index is 0.342. The van der Waals surface area contributed by atoms with Crippen molar-refractivity contribution in [1.29, 1.82) is 0 Å². The molecule has 1 heterocycles. The van der Waals surface area contributed by atoms with Crippen molar-refractivity contribution in [2.75, 3.05) is 32.8 Å². The number of hydrogen-bond donors (Lipinski definition) is 1. The maximum absolute atomic E-state index is 5.80. The molecular weight excluding hydrogens is 248 g/mol. The molecule has 1 aromatic carbocycles. The quantitative estimate of drug-likeness (QED) is 0.862. The van der Waals surface area contributed by atoms with Crippen molar-refractivity contribution >= 4 is 0 Å². The monoisotopic (exact) mass is 274 g/mol. The van der Waals surface area contributed by atoms with Gasteiger partial charge in [0.1, 0.15) is 0 Å². The van der Waals surface area contributed by atoms with E-state index in [1.807, 2.05) is 0 Å². The molecule has 1 saturated carbocycles. The van der Waals surface area contributed by atoms with Gasteiger partial charge in [0.25, 0.3) is 0 Å². The van der Waals surface area contributed by atoms with Gasteiger partial charge in [-0.1, -0.05) is 31.2 Å². The lowest BCUT2D eigenvalue weighted by Gasteiger charge is -2.32. The SMILES string of the molecule is CCN1CCOC(CNCc2ccc(C3CC3)cc2)C1. The Balaban J connectivity index is 1.40. The average molecular weight is 274 g/mol. The van der Waals surface area contributed by atoms with Crippen LogP contribution in [-0.4, -0.2) is 43.8 Å². The Morgan fingerprint density at radius 3 is 2.75 bits per heavy atom. The Hall–Kier alpha value is -0.900. The van der Waals surface area contributed by atoms with Crippen LogP contribution in [0.2, 0.25) is 0 Å². The molecule has 0 aromatic heterocycles. The first-order valence-electron chi connectivity index (χ1n) is 7.98. The summed E-state index contributed by atoms with van der Waals surface area (Å²) in [6.07, 6.45) is 3.10. The summed E-state index contributed by atoms with van der Waals surface area (Å²) in [5, 5.41) is 3.53. The number of nitrogens with zero attached hydrogens (tertiary/aromatic N) is 1. The summed E-state index contributed by atoms with van der Waals surface area (Å²) >= 11 is 0. The molecule has 0 spiro atoms. The van der Waals surface area contributed by atoms with Gasteiger partial charge in [-0.15, -0.1) is 0 Å². The lowest BCUT2D eigenvalue weighted by atomic mass is 10.1. The van der Waals surface area contributed by atoms with Gasteiger partial charge in [0.15, 0.2) is 0 Å². The zero-order valence-corrected chi connectivity index (χ0v) is 12.5. The highest BCUT2D eigenvalue weighted by molar-refractivity contribution is 5.27. The summed E-state index contributed by atoms with van der Waals surface area (Å²) in [5.41, 5.74) is 2.89. The smallest absolute Gasteiger partial charge is 0.0826 e. The fraction of sp³-hybridized carbons (Fsp3) is 0.647. The number of rotatable bonds is 6. The molecule has 1 saturated heterocycles. The van der Waals surface area contributed by atoms with E-state index in [4.69, 9.17) is 4.74 Å². The first-order valence-corrected chi connectivity index (χ1v) is 7.98. The van der Waals surface area contributed by atoms with Gasteiger partial charge in [-0.2, -0.15) is 0 Å². The van der Waals surface area contributed by atoms with E-state index in [0.717, 1.165) is 45.2 Å². The number of ether oxygens (including phenoxy) is 1. The number of likely N-dealkylation sites (N-methyl/N-ethyl adjacent to an activating group) is 1. The standard InChI is InChI=1S/C17H26N2O/c1-2-19-9-10-20-17(13-19)12-18-11-14-3-5-15(6-4-14)16-7-8-16/h3-6,16-18H,2,7-13H2,1H3. The summed E-state index contributed by atoms with van der Waals surface area (Å²) in [6.45, 7) is 8.24. The molecule has 0 radical (unpaired) electrons. The van der Waals surface area contributed by atoms with E-state index in [1.165, 1.54) is 24.0 Å². The highest BCUT2D eigenvalue weighted by atomic mass is 16.5. The van der Waals surface area contributed by atoms with Crippen LogP contribution in [-0.2, 0) is 11.3 Å². The van der Waals surface area contributed by atoms with Crippen LogP contribution in [0.4, 0.5) is 0 Å². The number of benzene rings is 1. The zero-order valence-electron chi connectivity index (χ0n) is 12.5. The number of hydrogen-bond acceptors (Lipinski definition) is 3. The number of nitrogens with one attached hydrogen (secondary N) is 1. The largest absolute Gasteiger partial charge is 0.374 e. The van der Waals surface area contributed by atoms with Crippen LogP contribution in [0, 0.1) is 0 Å². The molecular formula is C17H26N2O. The lowest BCUT2D eigenvalue weighted by molar-refractivity contribution is -0.0253. The van der Waals surface area contributed by atoms with Gasteiger partial charge in [0.05, 0.1) is 12.7 Å². The van der Waals surface area contributed by atoms with Crippen molar-refractivity contribution < 1.29 is 4.74 Å². The summed E-state index contributed by atoms with van der Waals surface area (Å²) in [4.78, 5) is 2.46. The van der Waals surface area contributed by atoms with Crippen molar-refractivity contribution in [3.8, 4) is 0 Å². The van der Waals surface area contributed by atoms with Crippen LogP contribution in [0.25, 0.3) is 0 Å². The fourth-order valence-electron chi connectivity index (χ4n) is 2.89. The molecule has 2 aliphatic rings. The van der Waals surface area contributed by atoms with Crippen LogP contribution in [0.1, 0.15) is 36.8 Å². The second kappa shape index (κ2) is 6.70. The van der Waals surface area contributed by atoms with Gasteiger partial charge in [-0.3, -0.25) is 4.90 Å². The Bertz CT molecular complexity index is 414. The molecule has 3 nitrogen and oxygen atoms in total. The van der Waals surface area contributed by atoms with Gasteiger partial charge >= 0.3 is 0 Å². The minimum Gasteiger partial charge on any atom is -0.374 e. The molecule has 110 valence electrons. The third-order valence-electron chi connectivity index (χ3n) is 4.40. The second-order valence-electron chi connectivity index (χ2n) is 6.03. The normalized spacial score (nSPS) is 23.9. The van der Waals surface area contributed by atoms with E-state index >= 15 is 0 Å². The second-order valence-corrected chi connectivity index (χ2v) is 6.03. The fourth-order valence-corrected chi connectivity index (χ4v) is 2.89. The Kier molecular flexibility index (Phi) is 4.71. The van der Waals surface area contributed by atoms with Crippen LogP contribution in [0.3, 0.4) is 0 Å². The molecule has 1 N–H and O–H groups in total. The molecule has 1 atom stereocenters. The Morgan fingerprint density at radius 2 is 2.05 bits per heavy atom. The van der Waals surface area contributed by atoms with Gasteiger partial charge in [-0.25, -0.2) is 0 Å². The maximum atomic E-state index is 5.80. The minimum atomic E-state index is 0.342. The van der Waals surface area contributed by atoms with Gasteiger partial charge in [0, 0.05) is 26.2 Å². The van der Waals surface area contributed by atoms with Gasteiger partial charge < -0.3 is 10.1 Å². The molecule has 1 unspecified atom stereocenters. The topological polar surface area (TPSA) is 24.5 Å². The van der Waals surface area contributed by atoms with Gasteiger partial charge in [0.2, 0.25) is 0 Å². The Labute approximate surface area is 122 Å². The molecule has 1 aliphatic heterocycles. The first-order chi connectivity index (χ1) is 9.85. The first kappa shape index (κ1) is 14.1. The summed E-state index contributed by atoms with van der Waals surface area (Å²) in [7, 11) is 0. The zero-order chi connectivity index (χ0) is 13.8. The molecule has 1 aliphatic carbocycles. The molecule has 2 fully saturated rings. The van der Waals surface area contributed by atoms with Crippen molar-refractivity contribution in [3.63, 3.8) is 0 Å². The molecule has 1 aromatic rings. The van der Waals surface area contributed by atoms with Crippen molar-refractivity contribution in [1.82, 2.24) is 10.2 Å². The maximum Gasteiger partial charge on any atom is 0.0826 e. The lowest BCUT2D eigenvalue weighted by Crippen LogP contribution is -2.46. The molecule has 0 amide bonds. The van der Waals surface area contributed by atoms with Crippen LogP contribution in [0.5, 0.6) is 0 Å². The molecule has 0 bridgehead atoms. The van der Waals surface area contributed by atoms with E-state index in [9.17, 15) is 0 Å². The summed E-state index contributed by atoms with van der Waals surface area (Å²) in [5.74, 6) is 0.854. The highest BCUT2D eigenvalue weighted by Gasteiger charge is 2.23. The van der Waals surface area contributed by atoms with E-state index < -0.39 is 0 Å². The average Bonchev–Trinajstić information content (AvgIpc) is 3.33. The van der Waals surface area contributed by atoms with Crippen molar-refractivity contribution in [3.05, 3.63) is 35.4 Å². The van der Waals surface area contributed by atoms with Crippen molar-refractivity contribution in [2.45, 2.75) is 38.3 Å². The van der Waals surface area contributed by atoms with Gasteiger partial charge in [-0.05, 0) is 36.4 Å². The number of morpholine rings is 1. The summed E-state index contributed by atoms with van der Waals surface area (Å²) < 4.78 is 5.80. The van der Waals surface area contributed by atoms with E-state index in [0.29, 0.717) is 6.10 Å². The van der Waals surface area contributed by atoms with Crippen LogP contribution < -0.4 is 5.32 Å². The Morgan fingerprint density at radius 1 is 1.25 bits per heavy atom. The summed E-state index contributed by atoms with van der Waals surface area (Å²) in [6, 6.07) is 9.12. The van der Waals surface area contributed by atoms with E-state index in [-0.39, 0.29) is 0 Å². The molecule has 3 heteroatoms. The van der Waals surface area contributed by atoms with E-state index in [2.05, 4.69) is 41.4 Å². The van der Waals surface area contributed by atoms with Crippen LogP contribution in [0.15, 0.2) is 24.3 Å². The predicted octanol–water partition coefficient (Wildman–Crippen LogP) is 2.37. The third-order valence-corrected chi connectivity index (χ3v) is 4.40. The van der Waals surface area contributed by atoms with E-state index in [1.54, 1.807) is 0 Å². The molecule has 20 heavy (non-hydrogen) atoms. The van der Waals surface area contributed by atoms with Crippen LogP contribution >= 0.6 is 0 Å². The molecule has 3 rings (SSSR count). The van der Waals surface area contributed by atoms with Crippen molar-refractivity contribution in [2.24, 2.45) is 0 Å².